The van der Waals surface area contributed by atoms with Crippen molar-refractivity contribution in [1.29, 1.82) is 0 Å². The summed E-state index contributed by atoms with van der Waals surface area (Å²) in [5.41, 5.74) is 15.5. The van der Waals surface area contributed by atoms with E-state index < -0.39 is 11.2 Å². The molecule has 270 valence electrons. The molecular weight excluding hydrogens is 706 g/mol. The molecule has 0 radical (unpaired) electrons. The molecule has 2 unspecified atom stereocenters. The van der Waals surface area contributed by atoms with Crippen molar-refractivity contribution in [2.45, 2.75) is 104 Å². The quantitative estimate of drug-likeness (QED) is 0.191. The Morgan fingerprint density at radius 1 is 0.804 bits per heavy atom. The molecule has 2 aliphatic carbocycles. The lowest BCUT2D eigenvalue weighted by Gasteiger charge is -2.20. The smallest absolute Gasteiger partial charge is 0.168 e. The summed E-state index contributed by atoms with van der Waals surface area (Å²) in [5, 5.41) is 17.5. The molecule has 2 aliphatic heterocycles. The van der Waals surface area contributed by atoms with Crippen molar-refractivity contribution in [1.82, 2.24) is 19.6 Å². The highest BCUT2D eigenvalue weighted by atomic mass is 79.9. The number of benzene rings is 2. The van der Waals surface area contributed by atoms with Crippen molar-refractivity contribution in [2.75, 3.05) is 0 Å². The summed E-state index contributed by atoms with van der Waals surface area (Å²) < 4.78 is 4.74. The van der Waals surface area contributed by atoms with E-state index in [-0.39, 0.29) is 5.78 Å². The van der Waals surface area contributed by atoms with Crippen LogP contribution in [0.3, 0.4) is 0 Å². The topological polar surface area (TPSA) is 122 Å². The van der Waals surface area contributed by atoms with Crippen LogP contribution in [0, 0.1) is 33.6 Å². The number of ketones is 1. The number of Topliss-reactive ketones (excluding diaryl/α,β-unsaturated/α-hetero) is 1. The van der Waals surface area contributed by atoms with E-state index in [1.807, 2.05) is 75.7 Å². The molecule has 2 aromatic carbocycles. The normalized spacial score (nSPS) is 22.2. The van der Waals surface area contributed by atoms with Gasteiger partial charge in [-0.25, -0.2) is 0 Å². The Balaban J connectivity index is 0.000000161. The van der Waals surface area contributed by atoms with E-state index in [2.05, 4.69) is 74.6 Å². The molecule has 11 heteroatoms. The van der Waals surface area contributed by atoms with Gasteiger partial charge in [0.05, 0.1) is 22.8 Å². The van der Waals surface area contributed by atoms with Crippen LogP contribution in [-0.2, 0) is 35.0 Å². The third-order valence-corrected chi connectivity index (χ3v) is 10.9. The molecule has 2 saturated carbocycles. The van der Waals surface area contributed by atoms with E-state index in [1.165, 1.54) is 31.2 Å². The first-order valence-electron chi connectivity index (χ1n) is 17.8. The van der Waals surface area contributed by atoms with Gasteiger partial charge in [-0.15, -0.1) is 0 Å². The number of hydrogen-bond acceptors (Lipinski definition) is 8. The predicted octanol–water partition coefficient (Wildman–Crippen LogP) is 8.01. The summed E-state index contributed by atoms with van der Waals surface area (Å²) in [5.74, 6) is 0.870. The summed E-state index contributed by atoms with van der Waals surface area (Å²) in [4.78, 5) is 24.0. The minimum Gasteiger partial charge on any atom is -0.384 e. The highest BCUT2D eigenvalue weighted by molar-refractivity contribution is 9.10. The molecule has 0 bridgehead atoms. The predicted molar refractivity (Wildman–Crippen MR) is 204 cm³/mol. The molecule has 4 heterocycles. The van der Waals surface area contributed by atoms with E-state index in [0.717, 1.165) is 67.1 Å². The minimum atomic E-state index is -0.498. The third kappa shape index (κ3) is 8.52. The average Bonchev–Trinajstić information content (AvgIpc) is 3.89. The zero-order chi connectivity index (χ0) is 36.7. The standard InChI is InChI=1S/C21H25N3O2.C16H18BrN3O.C3H7N/c1-13-9-16(7-8-17(13)20(25)10-15-5-6-15)19-11-21(3,26-23-19)18-12-24(4)22-14(18)2;1-10-7-12(5-6-14(10)17)15-8-16(3,21-19-15)13-9-20(4)18-11(13)2;4-3-1-2-3/h7-9,12,15H,5-6,10-11H2,1-4H3;5-7,9H,8H2,1-4H3;3H,1-2,4H2. The molecule has 4 aromatic rings. The Kier molecular flexibility index (Phi) is 10.4. The molecule has 51 heavy (non-hydrogen) atoms. The van der Waals surface area contributed by atoms with Crippen LogP contribution in [0.25, 0.3) is 0 Å². The molecule has 8 rings (SSSR count). The lowest BCUT2D eigenvalue weighted by Crippen LogP contribution is -2.22. The van der Waals surface area contributed by atoms with Gasteiger partial charge in [0.1, 0.15) is 0 Å². The number of carbonyl (C=O) groups is 1. The van der Waals surface area contributed by atoms with Gasteiger partial charge in [0, 0.05) is 73.0 Å². The van der Waals surface area contributed by atoms with Crippen molar-refractivity contribution in [3.05, 3.63) is 104 Å². The number of nitrogens with zero attached hydrogens (tertiary/aromatic N) is 6. The van der Waals surface area contributed by atoms with Gasteiger partial charge in [-0.2, -0.15) is 10.2 Å². The van der Waals surface area contributed by atoms with Gasteiger partial charge in [0.2, 0.25) is 0 Å². The molecule has 2 fully saturated rings. The molecule has 0 saturated heterocycles. The maximum atomic E-state index is 12.4. The first-order valence-corrected chi connectivity index (χ1v) is 18.6. The zero-order valence-corrected chi connectivity index (χ0v) is 32.7. The van der Waals surface area contributed by atoms with Crippen LogP contribution in [0.4, 0.5) is 0 Å². The van der Waals surface area contributed by atoms with Crippen LogP contribution in [0.5, 0.6) is 0 Å². The number of carbonyl (C=O) groups excluding carboxylic acids is 1. The lowest BCUT2D eigenvalue weighted by molar-refractivity contribution is -0.00809. The van der Waals surface area contributed by atoms with Crippen LogP contribution in [0.2, 0.25) is 0 Å². The van der Waals surface area contributed by atoms with Gasteiger partial charge in [0.25, 0.3) is 0 Å². The van der Waals surface area contributed by atoms with Gasteiger partial charge < -0.3 is 15.4 Å². The van der Waals surface area contributed by atoms with Crippen molar-refractivity contribution in [2.24, 2.45) is 36.1 Å². The highest BCUT2D eigenvalue weighted by Gasteiger charge is 2.40. The maximum Gasteiger partial charge on any atom is 0.168 e. The van der Waals surface area contributed by atoms with Crippen LogP contribution in [0.1, 0.15) is 114 Å². The summed E-state index contributed by atoms with van der Waals surface area (Å²) in [6.07, 6.45) is 11.1. The van der Waals surface area contributed by atoms with Crippen molar-refractivity contribution >= 4 is 33.1 Å². The fourth-order valence-corrected chi connectivity index (χ4v) is 6.93. The summed E-state index contributed by atoms with van der Waals surface area (Å²) in [6.45, 7) is 12.2. The van der Waals surface area contributed by atoms with Gasteiger partial charge >= 0.3 is 0 Å². The number of hydrogen-bond donors (Lipinski definition) is 1. The van der Waals surface area contributed by atoms with Crippen LogP contribution >= 0.6 is 15.9 Å². The van der Waals surface area contributed by atoms with E-state index in [1.54, 1.807) is 0 Å². The minimum absolute atomic E-state index is 0.261. The van der Waals surface area contributed by atoms with Crippen LogP contribution in [-0.4, -0.2) is 42.8 Å². The summed E-state index contributed by atoms with van der Waals surface area (Å²) >= 11 is 3.53. The Morgan fingerprint density at radius 3 is 1.67 bits per heavy atom. The molecule has 4 aliphatic rings. The molecule has 2 atom stereocenters. The van der Waals surface area contributed by atoms with Gasteiger partial charge in [-0.3, -0.25) is 14.2 Å². The van der Waals surface area contributed by atoms with E-state index in [0.29, 0.717) is 24.8 Å². The zero-order valence-electron chi connectivity index (χ0n) is 31.1. The number of aromatic nitrogens is 4. The van der Waals surface area contributed by atoms with Crippen LogP contribution in [0.15, 0.2) is 63.6 Å². The van der Waals surface area contributed by atoms with Crippen molar-refractivity contribution in [3.8, 4) is 0 Å². The van der Waals surface area contributed by atoms with Gasteiger partial charge in [-0.1, -0.05) is 44.4 Å². The summed E-state index contributed by atoms with van der Waals surface area (Å²) in [7, 11) is 3.84. The van der Waals surface area contributed by atoms with Gasteiger partial charge in [-0.05, 0) is 114 Å². The highest BCUT2D eigenvalue weighted by Crippen LogP contribution is 2.39. The van der Waals surface area contributed by atoms with Crippen molar-refractivity contribution < 1.29 is 14.5 Å². The Labute approximate surface area is 309 Å². The van der Waals surface area contributed by atoms with Crippen LogP contribution < -0.4 is 5.73 Å². The SMILES string of the molecule is Cc1cc(C2=NOC(C)(c3cn(C)nc3C)C2)ccc1Br.Cc1cc(C2=NOC(C)(c3cn(C)nc3C)C2)ccc1C(=O)CC1CC1.NC1CC1. The average molecular weight is 757 g/mol. The first-order chi connectivity index (χ1) is 24.1. The number of halogens is 1. The Bertz CT molecular complexity index is 2000. The fourth-order valence-electron chi connectivity index (χ4n) is 6.69. The molecule has 10 nitrogen and oxygen atoms in total. The largest absolute Gasteiger partial charge is 0.384 e. The molecule has 2 aromatic heterocycles. The number of aryl methyl sites for hydroxylation is 6. The van der Waals surface area contributed by atoms with E-state index in [9.17, 15) is 4.79 Å². The Morgan fingerprint density at radius 2 is 1.27 bits per heavy atom. The lowest BCUT2D eigenvalue weighted by atomic mass is 9.88. The van der Waals surface area contributed by atoms with Gasteiger partial charge in [0.15, 0.2) is 17.0 Å². The second kappa shape index (κ2) is 14.5. The second-order valence-electron chi connectivity index (χ2n) is 15.1. The second-order valence-corrected chi connectivity index (χ2v) is 15.9. The molecular formula is C40H50BrN7O3. The number of oxime groups is 2. The maximum absolute atomic E-state index is 12.4. The fraction of sp³-hybridized carbons (Fsp3) is 0.475. The molecule has 2 N–H and O–H groups in total. The van der Waals surface area contributed by atoms with E-state index >= 15 is 0 Å². The number of rotatable bonds is 7. The Hall–Kier alpha value is -4.09. The third-order valence-electron chi connectivity index (χ3n) is 10.0. The molecule has 0 spiro atoms. The van der Waals surface area contributed by atoms with E-state index in [4.69, 9.17) is 15.4 Å². The monoisotopic (exact) mass is 755 g/mol. The molecule has 0 amide bonds. The number of nitrogens with two attached hydrogens (primary N) is 1. The summed E-state index contributed by atoms with van der Waals surface area (Å²) in [6, 6.07) is 12.8. The van der Waals surface area contributed by atoms with Crippen molar-refractivity contribution in [3.63, 3.8) is 0 Å². The first kappa shape index (κ1) is 36.7.